The third-order valence-electron chi connectivity index (χ3n) is 7.09. The van der Waals surface area contributed by atoms with Crippen LogP contribution in [0.3, 0.4) is 0 Å². The van der Waals surface area contributed by atoms with Gasteiger partial charge in [0.2, 0.25) is 0 Å². The van der Waals surface area contributed by atoms with Crippen LogP contribution in [0.15, 0.2) is 46.3 Å². The van der Waals surface area contributed by atoms with Gasteiger partial charge >= 0.3 is 6.36 Å². The highest BCUT2D eigenvalue weighted by Crippen LogP contribution is 2.43. The van der Waals surface area contributed by atoms with Crippen LogP contribution < -0.4 is 4.74 Å². The third-order valence-corrected chi connectivity index (χ3v) is 8.55. The molecule has 1 aliphatic heterocycles. The van der Waals surface area contributed by atoms with Crippen LogP contribution in [0, 0.1) is 0 Å². The van der Waals surface area contributed by atoms with Gasteiger partial charge in [0.05, 0.1) is 0 Å². The van der Waals surface area contributed by atoms with Crippen molar-refractivity contribution in [2.75, 3.05) is 18.8 Å². The molecule has 1 saturated heterocycles. The predicted molar refractivity (Wildman–Crippen MR) is 141 cm³/mol. The van der Waals surface area contributed by atoms with Crippen LogP contribution in [0.5, 0.6) is 5.75 Å². The van der Waals surface area contributed by atoms with E-state index in [-0.39, 0.29) is 17.7 Å². The fourth-order valence-corrected chi connectivity index (χ4v) is 6.95. The van der Waals surface area contributed by atoms with E-state index in [0.717, 1.165) is 76.7 Å². The smallest absolute Gasteiger partial charge is 0.406 e. The quantitative estimate of drug-likeness (QED) is 0.209. The summed E-state index contributed by atoms with van der Waals surface area (Å²) in [4.78, 5) is 6.77. The number of thioether (sulfide) groups is 1. The zero-order valence-corrected chi connectivity index (χ0v) is 23.1. The van der Waals surface area contributed by atoms with Crippen molar-refractivity contribution in [2.45, 2.75) is 69.1 Å². The zero-order chi connectivity index (χ0) is 26.2. The number of rotatable bonds is 8. The molecule has 3 heterocycles. The molecule has 1 aliphatic carbocycles. The average molecular weight is 597 g/mol. The number of hydrogen-bond acceptors (Lipinski definition) is 6. The van der Waals surface area contributed by atoms with Crippen molar-refractivity contribution in [3.05, 3.63) is 52.3 Å². The first-order valence-corrected chi connectivity index (χ1v) is 14.3. The van der Waals surface area contributed by atoms with Gasteiger partial charge in [0.1, 0.15) is 5.75 Å². The monoisotopic (exact) mass is 595 g/mol. The molecule has 3 aromatic rings. The second-order valence-electron chi connectivity index (χ2n) is 9.81. The van der Waals surface area contributed by atoms with E-state index in [0.29, 0.717) is 6.04 Å². The topological polar surface area (TPSA) is 56.1 Å². The Bertz CT molecular complexity index is 1250. The number of likely N-dealkylation sites (tertiary alicyclic amines) is 1. The normalized spacial score (nSPS) is 19.8. The van der Waals surface area contributed by atoms with Crippen molar-refractivity contribution >= 4 is 27.7 Å². The second kappa shape index (κ2) is 10.9. The number of aryl methyl sites for hydroxylation is 1. The van der Waals surface area contributed by atoms with Crippen LogP contribution in [-0.2, 0) is 6.42 Å². The molecule has 11 heteroatoms. The lowest BCUT2D eigenvalue weighted by Crippen LogP contribution is -2.36. The molecule has 2 aromatic heterocycles. The Hall–Kier alpha value is -2.11. The maximum absolute atomic E-state index is 12.7. The fourth-order valence-electron chi connectivity index (χ4n) is 5.59. The van der Waals surface area contributed by atoms with Crippen molar-refractivity contribution < 1.29 is 17.9 Å². The number of ether oxygens (including phenoxy) is 1. The van der Waals surface area contributed by atoms with Crippen LogP contribution in [0.1, 0.15) is 56.2 Å². The van der Waals surface area contributed by atoms with Gasteiger partial charge < -0.3 is 4.74 Å². The van der Waals surface area contributed by atoms with Gasteiger partial charge in [0.15, 0.2) is 11.0 Å². The van der Waals surface area contributed by atoms with Gasteiger partial charge in [-0.15, -0.1) is 23.4 Å². The van der Waals surface area contributed by atoms with Crippen molar-refractivity contribution in [3.8, 4) is 17.1 Å². The van der Waals surface area contributed by atoms with Gasteiger partial charge in [-0.25, -0.2) is 0 Å². The highest BCUT2D eigenvalue weighted by molar-refractivity contribution is 9.10. The van der Waals surface area contributed by atoms with Crippen molar-refractivity contribution in [2.24, 2.45) is 0 Å². The van der Waals surface area contributed by atoms with Crippen molar-refractivity contribution in [1.82, 2.24) is 24.6 Å². The first-order chi connectivity index (χ1) is 17.7. The molecule has 0 bridgehead atoms. The summed E-state index contributed by atoms with van der Waals surface area (Å²) in [6.45, 7) is 6.17. The lowest BCUT2D eigenvalue weighted by Gasteiger charge is -2.33. The molecule has 0 amide bonds. The van der Waals surface area contributed by atoms with Gasteiger partial charge in [-0.3, -0.25) is 14.5 Å². The molecule has 5 rings (SSSR count). The lowest BCUT2D eigenvalue weighted by atomic mass is 9.79. The first kappa shape index (κ1) is 26.5. The second-order valence-corrected chi connectivity index (χ2v) is 11.8. The summed E-state index contributed by atoms with van der Waals surface area (Å²) in [6.07, 6.45) is 2.76. The number of nitrogens with zero attached hydrogens (tertiary/aromatic N) is 5. The predicted octanol–water partition coefficient (Wildman–Crippen LogP) is 6.87. The Morgan fingerprint density at radius 3 is 2.76 bits per heavy atom. The van der Waals surface area contributed by atoms with Crippen LogP contribution in [0.4, 0.5) is 13.2 Å². The molecule has 0 N–H and O–H groups in total. The summed E-state index contributed by atoms with van der Waals surface area (Å²) in [5, 5.41) is 9.81. The summed E-state index contributed by atoms with van der Waals surface area (Å²) in [7, 11) is 0. The summed E-state index contributed by atoms with van der Waals surface area (Å²) < 4.78 is 45.4. The molecule has 2 atom stereocenters. The minimum Gasteiger partial charge on any atom is -0.406 e. The highest BCUT2D eigenvalue weighted by Gasteiger charge is 2.39. The first-order valence-electron chi connectivity index (χ1n) is 12.5. The number of fused-ring (bicyclic) bond motifs is 3. The Morgan fingerprint density at radius 2 is 2.00 bits per heavy atom. The van der Waals surface area contributed by atoms with E-state index in [4.69, 9.17) is 0 Å². The number of alkyl halides is 3. The maximum atomic E-state index is 12.7. The van der Waals surface area contributed by atoms with Gasteiger partial charge in [0.25, 0.3) is 0 Å². The van der Waals surface area contributed by atoms with E-state index in [1.807, 2.05) is 6.07 Å². The molecular weight excluding hydrogens is 567 g/mol. The molecule has 6 nitrogen and oxygen atoms in total. The SMILES string of the molecule is CC(C)n1c(SCCCN2CCC3c4cc(OC(F)(F)F)ccc4CCC32)nnc1-c1cncc(Br)c1. The van der Waals surface area contributed by atoms with Crippen molar-refractivity contribution in [3.63, 3.8) is 0 Å². The van der Waals surface area contributed by atoms with E-state index in [2.05, 4.69) is 59.2 Å². The van der Waals surface area contributed by atoms with Crippen LogP contribution in [0.25, 0.3) is 11.4 Å². The molecular formula is C26H29BrF3N5OS. The summed E-state index contributed by atoms with van der Waals surface area (Å²) in [5.74, 6) is 1.87. The summed E-state index contributed by atoms with van der Waals surface area (Å²) >= 11 is 5.19. The molecule has 198 valence electrons. The fraction of sp³-hybridized carbons (Fsp3) is 0.500. The average Bonchev–Trinajstić information content (AvgIpc) is 3.45. The molecule has 1 fully saturated rings. The minimum atomic E-state index is -4.67. The largest absolute Gasteiger partial charge is 0.573 e. The molecule has 2 aliphatic rings. The van der Waals surface area contributed by atoms with Crippen LogP contribution >= 0.6 is 27.7 Å². The van der Waals surface area contributed by atoms with Gasteiger partial charge in [0, 0.05) is 46.2 Å². The van der Waals surface area contributed by atoms with E-state index in [1.54, 1.807) is 36.3 Å². The lowest BCUT2D eigenvalue weighted by molar-refractivity contribution is -0.274. The number of pyridine rings is 1. The van der Waals surface area contributed by atoms with Gasteiger partial charge in [-0.05, 0) is 97.9 Å². The Labute approximate surface area is 227 Å². The Balaban J connectivity index is 1.19. The highest BCUT2D eigenvalue weighted by atomic mass is 79.9. The standard InChI is InChI=1S/C26H29BrF3N5OS/c1-16(2)35-24(18-12-19(27)15-31-14-18)32-33-25(35)37-11-3-9-34-10-8-21-22-13-20(36-26(28,29)30)6-4-17(22)5-7-23(21)34/h4,6,12-16,21,23H,3,5,7-11H2,1-2H3. The number of benzene rings is 1. The number of hydrogen-bond donors (Lipinski definition) is 0. The molecule has 0 radical (unpaired) electrons. The van der Waals surface area contributed by atoms with E-state index < -0.39 is 6.36 Å². The van der Waals surface area contributed by atoms with Gasteiger partial charge in [-0.2, -0.15) is 0 Å². The Morgan fingerprint density at radius 1 is 1.16 bits per heavy atom. The third kappa shape index (κ3) is 5.98. The number of aromatic nitrogens is 4. The zero-order valence-electron chi connectivity index (χ0n) is 20.7. The van der Waals surface area contributed by atoms with Crippen molar-refractivity contribution in [1.29, 1.82) is 0 Å². The van der Waals surface area contributed by atoms with E-state index >= 15 is 0 Å². The maximum Gasteiger partial charge on any atom is 0.573 e. The van der Waals surface area contributed by atoms with Crippen LogP contribution in [0.2, 0.25) is 0 Å². The van der Waals surface area contributed by atoms with E-state index in [1.165, 1.54) is 6.07 Å². The molecule has 0 saturated carbocycles. The summed E-state index contributed by atoms with van der Waals surface area (Å²) in [5.41, 5.74) is 3.10. The molecule has 37 heavy (non-hydrogen) atoms. The van der Waals surface area contributed by atoms with E-state index in [9.17, 15) is 13.2 Å². The van der Waals surface area contributed by atoms with Gasteiger partial charge in [-0.1, -0.05) is 17.8 Å². The Kier molecular flexibility index (Phi) is 7.83. The molecule has 1 aromatic carbocycles. The molecule has 0 spiro atoms. The molecule has 2 unspecified atom stereocenters. The minimum absolute atomic E-state index is 0.117. The van der Waals surface area contributed by atoms with Crippen LogP contribution in [-0.4, -0.2) is 55.9 Å². The number of halogens is 4. The summed E-state index contributed by atoms with van der Waals surface area (Å²) in [6, 6.07) is 7.42.